The van der Waals surface area contributed by atoms with Gasteiger partial charge in [0.1, 0.15) is 11.9 Å². The van der Waals surface area contributed by atoms with Gasteiger partial charge in [0.2, 0.25) is 5.95 Å². The molecule has 0 bridgehead atoms. The molecule has 8 heteroatoms. The van der Waals surface area contributed by atoms with E-state index in [1.54, 1.807) is 12.4 Å². The van der Waals surface area contributed by atoms with Crippen molar-refractivity contribution in [3.8, 4) is 6.07 Å². The third kappa shape index (κ3) is 5.54. The maximum absolute atomic E-state index is 8.95. The first kappa shape index (κ1) is 21.6. The van der Waals surface area contributed by atoms with Crippen LogP contribution in [0.5, 0.6) is 0 Å². The number of hydrogen-bond donors (Lipinski definition) is 0. The van der Waals surface area contributed by atoms with Gasteiger partial charge in [0, 0.05) is 37.6 Å². The van der Waals surface area contributed by atoms with Gasteiger partial charge in [-0.05, 0) is 64.7 Å². The van der Waals surface area contributed by atoms with E-state index in [2.05, 4.69) is 54.6 Å². The summed E-state index contributed by atoms with van der Waals surface area (Å²) in [6.07, 6.45) is 10.6. The lowest BCUT2D eigenvalue weighted by Crippen LogP contribution is -2.57. The van der Waals surface area contributed by atoms with Crippen molar-refractivity contribution in [2.75, 3.05) is 37.6 Å². The molecule has 2 aromatic rings. The van der Waals surface area contributed by atoms with Gasteiger partial charge in [-0.3, -0.25) is 9.80 Å². The van der Waals surface area contributed by atoms with Crippen LogP contribution in [-0.4, -0.2) is 74.5 Å². The predicted octanol–water partition coefficient (Wildman–Crippen LogP) is 2.34. The highest BCUT2D eigenvalue weighted by atomic mass is 15.3. The summed E-state index contributed by atoms with van der Waals surface area (Å²) in [7, 11) is 0. The van der Waals surface area contributed by atoms with E-state index in [4.69, 9.17) is 5.26 Å². The molecule has 164 valence electrons. The molecule has 0 amide bonds. The number of aromatic nitrogens is 4. The summed E-state index contributed by atoms with van der Waals surface area (Å²) in [5.41, 5.74) is 0.505. The zero-order chi connectivity index (χ0) is 21.6. The number of hydrogen-bond acceptors (Lipinski definition) is 8. The summed E-state index contributed by atoms with van der Waals surface area (Å²) in [6.45, 7) is 10.7. The fraction of sp³-hybridized carbons (Fsp3) is 0.609. The molecule has 0 aromatic carbocycles. The molecule has 31 heavy (non-hydrogen) atoms. The third-order valence-corrected chi connectivity index (χ3v) is 6.64. The average molecular weight is 421 g/mol. The van der Waals surface area contributed by atoms with Crippen LogP contribution in [0.3, 0.4) is 0 Å². The monoisotopic (exact) mass is 420 g/mol. The smallest absolute Gasteiger partial charge is 0.225 e. The van der Waals surface area contributed by atoms with E-state index in [0.717, 1.165) is 57.0 Å². The Morgan fingerprint density at radius 3 is 2.26 bits per heavy atom. The van der Waals surface area contributed by atoms with Crippen molar-refractivity contribution in [3.05, 3.63) is 42.2 Å². The highest BCUT2D eigenvalue weighted by Gasteiger charge is 2.31. The molecule has 0 radical (unpaired) electrons. The summed E-state index contributed by atoms with van der Waals surface area (Å²) in [4.78, 5) is 24.8. The Kier molecular flexibility index (Phi) is 7.05. The van der Waals surface area contributed by atoms with E-state index in [1.165, 1.54) is 19.3 Å². The van der Waals surface area contributed by atoms with E-state index in [9.17, 15) is 0 Å². The van der Waals surface area contributed by atoms with Crippen LogP contribution < -0.4 is 4.90 Å². The second-order valence-electron chi connectivity index (χ2n) is 8.90. The first-order valence-corrected chi connectivity index (χ1v) is 11.3. The van der Waals surface area contributed by atoms with Crippen LogP contribution in [0.4, 0.5) is 5.95 Å². The van der Waals surface area contributed by atoms with Crippen molar-refractivity contribution >= 4 is 5.95 Å². The van der Waals surface area contributed by atoms with Gasteiger partial charge < -0.3 is 4.90 Å². The second kappa shape index (κ2) is 10.1. The number of nitriles is 1. The minimum absolute atomic E-state index is 0.457. The van der Waals surface area contributed by atoms with Crippen LogP contribution in [-0.2, 0) is 6.54 Å². The van der Waals surface area contributed by atoms with Crippen LogP contribution >= 0.6 is 0 Å². The molecule has 4 rings (SSSR count). The van der Waals surface area contributed by atoms with Crippen LogP contribution in [0, 0.1) is 17.2 Å². The lowest BCUT2D eigenvalue weighted by Gasteiger charge is -2.45. The molecular weight excluding hydrogens is 388 g/mol. The summed E-state index contributed by atoms with van der Waals surface area (Å²) in [5, 5.41) is 8.95. The zero-order valence-corrected chi connectivity index (χ0v) is 18.6. The molecule has 8 nitrogen and oxygen atoms in total. The normalized spacial score (nSPS) is 23.6. The Bertz CT molecular complexity index is 845. The molecule has 0 spiro atoms. The van der Waals surface area contributed by atoms with Crippen molar-refractivity contribution in [1.82, 2.24) is 29.7 Å². The summed E-state index contributed by atoms with van der Waals surface area (Å²) in [5.74, 6) is 2.45. The highest BCUT2D eigenvalue weighted by molar-refractivity contribution is 5.34. The molecule has 2 fully saturated rings. The van der Waals surface area contributed by atoms with Crippen molar-refractivity contribution in [1.29, 1.82) is 5.26 Å². The van der Waals surface area contributed by atoms with Crippen LogP contribution in [0.25, 0.3) is 0 Å². The summed E-state index contributed by atoms with van der Waals surface area (Å²) >= 11 is 0. The second-order valence-corrected chi connectivity index (χ2v) is 8.90. The van der Waals surface area contributed by atoms with E-state index in [0.29, 0.717) is 17.6 Å². The van der Waals surface area contributed by atoms with Gasteiger partial charge >= 0.3 is 0 Å². The molecule has 2 aromatic heterocycles. The average Bonchev–Trinajstić information content (AvgIpc) is 2.80. The van der Waals surface area contributed by atoms with Gasteiger partial charge in [-0.15, -0.1) is 0 Å². The standard InChI is InChI=1S/C23H32N8/c1-18-15-30(23-27-13-21(12-24)14-28-23)16-19(2)31(18)11-6-20-4-9-29(10-5-20)17-22-25-7-3-8-26-22/h3,7-8,13-14,18-20H,4-6,9-11,15-17H2,1-2H3/t18-,19+. The van der Waals surface area contributed by atoms with E-state index >= 15 is 0 Å². The van der Waals surface area contributed by atoms with Crippen molar-refractivity contribution in [2.45, 2.75) is 51.7 Å². The van der Waals surface area contributed by atoms with Gasteiger partial charge in [-0.1, -0.05) is 0 Å². The summed E-state index contributed by atoms with van der Waals surface area (Å²) < 4.78 is 0. The molecule has 2 atom stereocenters. The van der Waals surface area contributed by atoms with Gasteiger partial charge in [0.25, 0.3) is 0 Å². The van der Waals surface area contributed by atoms with Gasteiger partial charge in [0.15, 0.2) is 0 Å². The van der Waals surface area contributed by atoms with Gasteiger partial charge in [-0.2, -0.15) is 5.26 Å². The van der Waals surface area contributed by atoms with E-state index in [1.807, 2.05) is 18.5 Å². The van der Waals surface area contributed by atoms with Crippen LogP contribution in [0.2, 0.25) is 0 Å². The number of rotatable bonds is 6. The van der Waals surface area contributed by atoms with E-state index in [-0.39, 0.29) is 0 Å². The third-order valence-electron chi connectivity index (χ3n) is 6.64. The van der Waals surface area contributed by atoms with Crippen LogP contribution in [0.1, 0.15) is 44.5 Å². The fourth-order valence-electron chi connectivity index (χ4n) is 4.88. The molecule has 0 aliphatic carbocycles. The summed E-state index contributed by atoms with van der Waals surface area (Å²) in [6, 6.07) is 4.87. The first-order chi connectivity index (χ1) is 15.1. The molecule has 2 aliphatic heterocycles. The molecule has 0 saturated carbocycles. The zero-order valence-electron chi connectivity index (χ0n) is 18.6. The Hall–Kier alpha value is -2.63. The molecule has 0 unspecified atom stereocenters. The topological polar surface area (TPSA) is 85.1 Å². The van der Waals surface area contributed by atoms with Crippen molar-refractivity contribution in [3.63, 3.8) is 0 Å². The molecular formula is C23H32N8. The van der Waals surface area contributed by atoms with Gasteiger partial charge in [-0.25, -0.2) is 19.9 Å². The molecule has 4 heterocycles. The van der Waals surface area contributed by atoms with Crippen molar-refractivity contribution in [2.24, 2.45) is 5.92 Å². The number of piperazine rings is 1. The SMILES string of the molecule is C[C@@H]1CN(c2ncc(C#N)cn2)C[C@H](C)N1CCC1CCN(Cc2ncccn2)CC1. The number of likely N-dealkylation sites (tertiary alicyclic amines) is 1. The maximum Gasteiger partial charge on any atom is 0.225 e. The minimum atomic E-state index is 0.457. The molecule has 0 N–H and O–H groups in total. The quantitative estimate of drug-likeness (QED) is 0.704. The lowest BCUT2D eigenvalue weighted by molar-refractivity contribution is 0.106. The van der Waals surface area contributed by atoms with E-state index < -0.39 is 0 Å². The predicted molar refractivity (Wildman–Crippen MR) is 119 cm³/mol. The first-order valence-electron chi connectivity index (χ1n) is 11.3. The van der Waals surface area contributed by atoms with Gasteiger partial charge in [0.05, 0.1) is 24.5 Å². The molecule has 2 aliphatic rings. The van der Waals surface area contributed by atoms with Crippen LogP contribution in [0.15, 0.2) is 30.9 Å². The largest absolute Gasteiger partial charge is 0.338 e. The van der Waals surface area contributed by atoms with Crippen molar-refractivity contribution < 1.29 is 0 Å². The number of piperidine rings is 1. The Morgan fingerprint density at radius 1 is 1.00 bits per heavy atom. The Balaban J connectivity index is 1.22. The molecule has 2 saturated heterocycles. The highest BCUT2D eigenvalue weighted by Crippen LogP contribution is 2.25. The number of nitrogens with zero attached hydrogens (tertiary/aromatic N) is 8. The Labute approximate surface area is 185 Å². The fourth-order valence-corrected chi connectivity index (χ4v) is 4.88. The number of anilines is 1. The Morgan fingerprint density at radius 2 is 1.65 bits per heavy atom. The maximum atomic E-state index is 8.95. The lowest BCUT2D eigenvalue weighted by atomic mass is 9.92. The minimum Gasteiger partial charge on any atom is -0.338 e.